The molecule has 110 valence electrons. The van der Waals surface area contributed by atoms with Crippen LogP contribution in [0.5, 0.6) is 0 Å². The number of nitrogens with one attached hydrogen (secondary N) is 2. The zero-order chi connectivity index (χ0) is 15.3. The Kier molecular flexibility index (Phi) is 5.31. The molecule has 0 atom stereocenters. The number of hydrogen-bond donors (Lipinski definition) is 2. The number of anilines is 2. The number of hydrogen-bond acceptors (Lipinski definition) is 2. The molecule has 0 radical (unpaired) electrons. The van der Waals surface area contributed by atoms with E-state index < -0.39 is 0 Å². The van der Waals surface area contributed by atoms with E-state index in [4.69, 9.17) is 0 Å². The molecule has 0 aliphatic rings. The van der Waals surface area contributed by atoms with Crippen LogP contribution in [-0.4, -0.2) is 11.8 Å². The van der Waals surface area contributed by atoms with Crippen LogP contribution in [0.25, 0.3) is 0 Å². The Balaban J connectivity index is 2.81. The third-order valence-electron chi connectivity index (χ3n) is 2.81. The predicted octanol–water partition coefficient (Wildman–Crippen LogP) is 3.72. The fraction of sp³-hybridized carbons (Fsp3) is 0.500. The van der Waals surface area contributed by atoms with Crippen molar-refractivity contribution in [1.29, 1.82) is 0 Å². The van der Waals surface area contributed by atoms with Crippen LogP contribution < -0.4 is 10.6 Å². The lowest BCUT2D eigenvalue weighted by Gasteiger charge is -2.18. The number of carbonyl (C=O) groups excluding carboxylic acids is 2. The second-order valence-corrected chi connectivity index (χ2v) is 6.22. The van der Waals surface area contributed by atoms with Crippen molar-refractivity contribution in [2.75, 3.05) is 10.6 Å². The van der Waals surface area contributed by atoms with E-state index in [1.54, 1.807) is 13.0 Å². The van der Waals surface area contributed by atoms with E-state index >= 15 is 0 Å². The summed E-state index contributed by atoms with van der Waals surface area (Å²) in [6.45, 7) is 9.81. The molecule has 0 aliphatic heterocycles. The highest BCUT2D eigenvalue weighted by Gasteiger charge is 2.16. The van der Waals surface area contributed by atoms with Gasteiger partial charge in [0.25, 0.3) is 0 Å². The van der Waals surface area contributed by atoms with Crippen LogP contribution >= 0.6 is 0 Å². The second-order valence-electron chi connectivity index (χ2n) is 6.22. The van der Waals surface area contributed by atoms with Crippen molar-refractivity contribution in [1.82, 2.24) is 0 Å². The quantitative estimate of drug-likeness (QED) is 0.880. The third kappa shape index (κ3) is 5.43. The van der Waals surface area contributed by atoms with Gasteiger partial charge < -0.3 is 10.6 Å². The molecule has 4 nitrogen and oxygen atoms in total. The van der Waals surface area contributed by atoms with Crippen molar-refractivity contribution in [3.05, 3.63) is 23.8 Å². The van der Waals surface area contributed by atoms with Gasteiger partial charge in [-0.1, -0.05) is 33.8 Å². The SMILES string of the molecule is CCC(=O)Nc1ccc(C)c(NC(=O)CC(C)(C)C)c1. The summed E-state index contributed by atoms with van der Waals surface area (Å²) in [4.78, 5) is 23.4. The standard InChI is InChI=1S/C16H24N2O2/c1-6-14(19)17-12-8-7-11(2)13(9-12)18-15(20)10-16(3,4)5/h7-9H,6,10H2,1-5H3,(H,17,19)(H,18,20). The van der Waals surface area contributed by atoms with Gasteiger partial charge in [0.05, 0.1) is 0 Å². The first-order valence-electron chi connectivity index (χ1n) is 6.91. The Hall–Kier alpha value is -1.84. The molecular formula is C16H24N2O2. The van der Waals surface area contributed by atoms with Gasteiger partial charge in [-0.3, -0.25) is 9.59 Å². The molecule has 1 rings (SSSR count). The van der Waals surface area contributed by atoms with E-state index in [9.17, 15) is 9.59 Å². The maximum atomic E-state index is 12.0. The molecule has 0 heterocycles. The van der Waals surface area contributed by atoms with Gasteiger partial charge in [-0.2, -0.15) is 0 Å². The summed E-state index contributed by atoms with van der Waals surface area (Å²) in [7, 11) is 0. The molecule has 0 saturated carbocycles. The molecule has 20 heavy (non-hydrogen) atoms. The van der Waals surface area contributed by atoms with Gasteiger partial charge in [0.1, 0.15) is 0 Å². The van der Waals surface area contributed by atoms with E-state index in [2.05, 4.69) is 10.6 Å². The number of benzene rings is 1. The molecule has 1 aromatic rings. The summed E-state index contributed by atoms with van der Waals surface area (Å²) in [5.74, 6) is -0.0552. The van der Waals surface area contributed by atoms with E-state index in [1.807, 2.05) is 39.8 Å². The van der Waals surface area contributed by atoms with Crippen LogP contribution in [0.2, 0.25) is 0 Å². The number of amides is 2. The Morgan fingerprint density at radius 3 is 2.30 bits per heavy atom. The van der Waals surface area contributed by atoms with Crippen LogP contribution in [0.3, 0.4) is 0 Å². The Morgan fingerprint density at radius 1 is 1.10 bits per heavy atom. The van der Waals surface area contributed by atoms with Gasteiger partial charge in [-0.05, 0) is 30.0 Å². The minimum Gasteiger partial charge on any atom is -0.326 e. The van der Waals surface area contributed by atoms with Gasteiger partial charge >= 0.3 is 0 Å². The zero-order valence-electron chi connectivity index (χ0n) is 13.0. The number of aryl methyl sites for hydroxylation is 1. The maximum absolute atomic E-state index is 12.0. The summed E-state index contributed by atoms with van der Waals surface area (Å²) in [6.07, 6.45) is 0.886. The van der Waals surface area contributed by atoms with Crippen molar-refractivity contribution >= 4 is 23.2 Å². The summed E-state index contributed by atoms with van der Waals surface area (Å²) in [6, 6.07) is 5.52. The predicted molar refractivity (Wildman–Crippen MR) is 82.8 cm³/mol. The molecule has 2 N–H and O–H groups in total. The molecule has 4 heteroatoms. The molecule has 0 unspecified atom stereocenters. The van der Waals surface area contributed by atoms with Crippen molar-refractivity contribution in [2.24, 2.45) is 5.41 Å². The summed E-state index contributed by atoms with van der Waals surface area (Å²) < 4.78 is 0. The zero-order valence-corrected chi connectivity index (χ0v) is 13.0. The van der Waals surface area contributed by atoms with Crippen LogP contribution in [0.15, 0.2) is 18.2 Å². The average Bonchev–Trinajstić information content (AvgIpc) is 2.30. The molecule has 2 amide bonds. The lowest BCUT2D eigenvalue weighted by molar-refractivity contribution is -0.118. The van der Waals surface area contributed by atoms with Gasteiger partial charge in [-0.25, -0.2) is 0 Å². The van der Waals surface area contributed by atoms with Gasteiger partial charge in [0.2, 0.25) is 11.8 Å². The topological polar surface area (TPSA) is 58.2 Å². The van der Waals surface area contributed by atoms with E-state index in [0.717, 1.165) is 11.3 Å². The molecule has 0 aromatic heterocycles. The molecule has 0 spiro atoms. The lowest BCUT2D eigenvalue weighted by atomic mass is 9.92. The van der Waals surface area contributed by atoms with Crippen molar-refractivity contribution in [2.45, 2.75) is 47.5 Å². The highest BCUT2D eigenvalue weighted by molar-refractivity contribution is 5.94. The largest absolute Gasteiger partial charge is 0.326 e. The molecule has 0 bridgehead atoms. The summed E-state index contributed by atoms with van der Waals surface area (Å²) in [5.41, 5.74) is 2.37. The Morgan fingerprint density at radius 2 is 1.75 bits per heavy atom. The van der Waals surface area contributed by atoms with Gasteiger partial charge in [0, 0.05) is 24.2 Å². The van der Waals surface area contributed by atoms with Gasteiger partial charge in [-0.15, -0.1) is 0 Å². The summed E-state index contributed by atoms with van der Waals surface area (Å²) in [5, 5.41) is 5.70. The Labute approximate surface area is 121 Å². The van der Waals surface area contributed by atoms with Crippen molar-refractivity contribution in [3.8, 4) is 0 Å². The molecule has 0 fully saturated rings. The monoisotopic (exact) mass is 276 g/mol. The first-order valence-corrected chi connectivity index (χ1v) is 6.91. The second kappa shape index (κ2) is 6.55. The van der Waals surface area contributed by atoms with Gasteiger partial charge in [0.15, 0.2) is 0 Å². The van der Waals surface area contributed by atoms with Crippen LogP contribution in [0.4, 0.5) is 11.4 Å². The van der Waals surface area contributed by atoms with Crippen LogP contribution in [0.1, 0.15) is 46.1 Å². The van der Waals surface area contributed by atoms with Crippen LogP contribution in [-0.2, 0) is 9.59 Å². The normalized spacial score (nSPS) is 11.1. The maximum Gasteiger partial charge on any atom is 0.224 e. The van der Waals surface area contributed by atoms with E-state index in [1.165, 1.54) is 0 Å². The minimum atomic E-state index is -0.0496. The summed E-state index contributed by atoms with van der Waals surface area (Å²) >= 11 is 0. The van der Waals surface area contributed by atoms with E-state index in [-0.39, 0.29) is 17.2 Å². The highest BCUT2D eigenvalue weighted by atomic mass is 16.2. The molecule has 1 aromatic carbocycles. The van der Waals surface area contributed by atoms with E-state index in [0.29, 0.717) is 18.5 Å². The van der Waals surface area contributed by atoms with Crippen molar-refractivity contribution < 1.29 is 9.59 Å². The fourth-order valence-corrected chi connectivity index (χ4v) is 1.76. The molecular weight excluding hydrogens is 252 g/mol. The average molecular weight is 276 g/mol. The lowest BCUT2D eigenvalue weighted by Crippen LogP contribution is -2.20. The number of rotatable bonds is 4. The third-order valence-corrected chi connectivity index (χ3v) is 2.81. The smallest absolute Gasteiger partial charge is 0.224 e. The first-order chi connectivity index (χ1) is 9.21. The fourth-order valence-electron chi connectivity index (χ4n) is 1.76. The van der Waals surface area contributed by atoms with Crippen molar-refractivity contribution in [3.63, 3.8) is 0 Å². The first kappa shape index (κ1) is 16.2. The number of carbonyl (C=O) groups is 2. The highest BCUT2D eigenvalue weighted by Crippen LogP contribution is 2.23. The Bertz CT molecular complexity index is 502. The minimum absolute atomic E-state index is 0.0143. The molecule has 0 saturated heterocycles. The van der Waals surface area contributed by atoms with Crippen LogP contribution in [0, 0.1) is 12.3 Å². The molecule has 0 aliphatic carbocycles.